The molecule has 0 radical (unpaired) electrons. The van der Waals surface area contributed by atoms with E-state index < -0.39 is 0 Å². The highest BCUT2D eigenvalue weighted by atomic mass is 32.2. The topological polar surface area (TPSA) is 41.4 Å². The van der Waals surface area contributed by atoms with E-state index in [9.17, 15) is 0 Å². The molecule has 0 saturated heterocycles. The van der Waals surface area contributed by atoms with Crippen molar-refractivity contribution in [1.29, 1.82) is 0 Å². The van der Waals surface area contributed by atoms with E-state index in [4.69, 9.17) is 0 Å². The van der Waals surface area contributed by atoms with Crippen molar-refractivity contribution in [2.45, 2.75) is 13.0 Å². The van der Waals surface area contributed by atoms with Gasteiger partial charge >= 0.3 is 0 Å². The normalized spacial score (nSPS) is 11.8. The summed E-state index contributed by atoms with van der Waals surface area (Å²) in [5.74, 6) is 1.98. The third-order valence-electron chi connectivity index (χ3n) is 3.37. The zero-order valence-corrected chi connectivity index (χ0v) is 13.6. The Labute approximate surface area is 131 Å². The van der Waals surface area contributed by atoms with Crippen LogP contribution in [0.15, 0.2) is 41.5 Å². The van der Waals surface area contributed by atoms with Gasteiger partial charge in [0.05, 0.1) is 0 Å². The SMILES string of the molecule is CN=C(NCCCn1ccc2ccccc21)NCCSC. The number of thioether (sulfide) groups is 1. The molecule has 2 aromatic rings. The molecule has 0 saturated carbocycles. The van der Waals surface area contributed by atoms with Crippen LogP contribution in [-0.4, -0.2) is 42.7 Å². The van der Waals surface area contributed by atoms with Crippen LogP contribution in [0.4, 0.5) is 0 Å². The van der Waals surface area contributed by atoms with Gasteiger partial charge in [-0.15, -0.1) is 0 Å². The molecule has 0 bridgehead atoms. The maximum absolute atomic E-state index is 4.22. The fourth-order valence-electron chi connectivity index (χ4n) is 2.28. The van der Waals surface area contributed by atoms with Crippen molar-refractivity contribution in [3.8, 4) is 0 Å². The summed E-state index contributed by atoms with van der Waals surface area (Å²) in [4.78, 5) is 4.22. The average molecular weight is 304 g/mol. The van der Waals surface area contributed by atoms with Crippen LogP contribution < -0.4 is 10.6 Å². The third-order valence-corrected chi connectivity index (χ3v) is 3.98. The molecule has 2 N–H and O–H groups in total. The molecule has 0 aliphatic carbocycles. The van der Waals surface area contributed by atoms with E-state index in [1.54, 1.807) is 0 Å². The highest BCUT2D eigenvalue weighted by Crippen LogP contribution is 2.15. The number of benzene rings is 1. The Morgan fingerprint density at radius 2 is 2.00 bits per heavy atom. The summed E-state index contributed by atoms with van der Waals surface area (Å²) in [5.41, 5.74) is 1.31. The van der Waals surface area contributed by atoms with Gasteiger partial charge in [-0.2, -0.15) is 11.8 Å². The maximum Gasteiger partial charge on any atom is 0.191 e. The Kier molecular flexibility index (Phi) is 6.47. The van der Waals surface area contributed by atoms with Gasteiger partial charge in [0.2, 0.25) is 0 Å². The second-order valence-electron chi connectivity index (χ2n) is 4.84. The van der Waals surface area contributed by atoms with Gasteiger partial charge in [-0.25, -0.2) is 0 Å². The van der Waals surface area contributed by atoms with Crippen molar-refractivity contribution >= 4 is 28.6 Å². The van der Waals surface area contributed by atoms with Crippen molar-refractivity contribution in [3.63, 3.8) is 0 Å². The fraction of sp³-hybridized carbons (Fsp3) is 0.438. The van der Waals surface area contributed by atoms with Crippen molar-refractivity contribution in [2.24, 2.45) is 4.99 Å². The summed E-state index contributed by atoms with van der Waals surface area (Å²) >= 11 is 1.83. The molecule has 114 valence electrons. The van der Waals surface area contributed by atoms with Crippen LogP contribution >= 0.6 is 11.8 Å². The molecule has 0 fully saturated rings. The molecule has 2 rings (SSSR count). The molecule has 0 spiro atoms. The van der Waals surface area contributed by atoms with Crippen LogP contribution in [0.5, 0.6) is 0 Å². The number of aryl methyl sites for hydroxylation is 1. The summed E-state index contributed by atoms with van der Waals surface area (Å²) in [6.07, 6.45) is 5.34. The number of rotatable bonds is 7. The van der Waals surface area contributed by atoms with Crippen LogP contribution in [0, 0.1) is 0 Å². The molecule has 21 heavy (non-hydrogen) atoms. The van der Waals surface area contributed by atoms with E-state index >= 15 is 0 Å². The summed E-state index contributed by atoms with van der Waals surface area (Å²) in [6.45, 7) is 2.89. The number of hydrogen-bond acceptors (Lipinski definition) is 2. The molecule has 5 heteroatoms. The standard InChI is InChI=1S/C16H24N4S/c1-17-16(19-10-13-21-2)18-9-5-11-20-12-8-14-6-3-4-7-15(14)20/h3-4,6-8,12H,5,9-11,13H2,1-2H3,(H2,17,18,19). The number of aliphatic imine (C=N–C) groups is 1. The van der Waals surface area contributed by atoms with Gasteiger partial charge in [0.25, 0.3) is 0 Å². The number of hydrogen-bond donors (Lipinski definition) is 2. The van der Waals surface area contributed by atoms with Crippen molar-refractivity contribution in [1.82, 2.24) is 15.2 Å². The first-order chi connectivity index (χ1) is 10.3. The highest BCUT2D eigenvalue weighted by Gasteiger charge is 2.00. The smallest absolute Gasteiger partial charge is 0.191 e. The van der Waals surface area contributed by atoms with Crippen molar-refractivity contribution in [2.75, 3.05) is 32.1 Å². The van der Waals surface area contributed by atoms with Gasteiger partial charge in [0, 0.05) is 44.1 Å². The molecule has 1 aromatic heterocycles. The molecule has 0 atom stereocenters. The first kappa shape index (κ1) is 15.8. The Morgan fingerprint density at radius 1 is 1.19 bits per heavy atom. The summed E-state index contributed by atoms with van der Waals surface area (Å²) < 4.78 is 2.31. The van der Waals surface area contributed by atoms with Gasteiger partial charge in [-0.1, -0.05) is 18.2 Å². The fourth-order valence-corrected chi connectivity index (χ4v) is 2.59. The van der Waals surface area contributed by atoms with Gasteiger partial charge in [0.15, 0.2) is 5.96 Å². The molecule has 0 aliphatic heterocycles. The van der Waals surface area contributed by atoms with E-state index in [0.717, 1.165) is 37.8 Å². The number of guanidine groups is 1. The minimum atomic E-state index is 0.890. The molecule has 1 heterocycles. The van der Waals surface area contributed by atoms with E-state index in [0.29, 0.717) is 0 Å². The average Bonchev–Trinajstić information content (AvgIpc) is 2.93. The zero-order chi connectivity index (χ0) is 14.9. The predicted octanol–water partition coefficient (Wildman–Crippen LogP) is 2.56. The monoisotopic (exact) mass is 304 g/mol. The van der Waals surface area contributed by atoms with Gasteiger partial charge in [-0.3, -0.25) is 4.99 Å². The Balaban J connectivity index is 1.74. The molecular weight excluding hydrogens is 280 g/mol. The molecule has 4 nitrogen and oxygen atoms in total. The van der Waals surface area contributed by atoms with Crippen molar-refractivity contribution in [3.05, 3.63) is 36.5 Å². The molecule has 0 amide bonds. The zero-order valence-electron chi connectivity index (χ0n) is 12.8. The second-order valence-corrected chi connectivity index (χ2v) is 5.83. The lowest BCUT2D eigenvalue weighted by atomic mass is 10.2. The third kappa shape index (κ3) is 4.70. The number of para-hydroxylation sites is 1. The van der Waals surface area contributed by atoms with E-state index in [1.807, 2.05) is 18.8 Å². The maximum atomic E-state index is 4.22. The first-order valence-electron chi connectivity index (χ1n) is 7.32. The highest BCUT2D eigenvalue weighted by molar-refractivity contribution is 7.98. The van der Waals surface area contributed by atoms with Gasteiger partial charge in [-0.05, 0) is 30.2 Å². The Hall–Kier alpha value is -1.62. The lowest BCUT2D eigenvalue weighted by molar-refractivity contribution is 0.642. The molecule has 0 aliphatic rings. The quantitative estimate of drug-likeness (QED) is 0.469. The van der Waals surface area contributed by atoms with Crippen molar-refractivity contribution < 1.29 is 0 Å². The number of aromatic nitrogens is 1. The van der Waals surface area contributed by atoms with Crippen LogP contribution in [0.1, 0.15) is 6.42 Å². The van der Waals surface area contributed by atoms with Crippen LogP contribution in [0.3, 0.4) is 0 Å². The van der Waals surface area contributed by atoms with E-state index in [-0.39, 0.29) is 0 Å². The van der Waals surface area contributed by atoms with Gasteiger partial charge in [0.1, 0.15) is 0 Å². The van der Waals surface area contributed by atoms with Crippen LogP contribution in [0.2, 0.25) is 0 Å². The summed E-state index contributed by atoms with van der Waals surface area (Å²) in [6, 6.07) is 10.7. The molecule has 1 aromatic carbocycles. The minimum absolute atomic E-state index is 0.890. The molecule has 0 unspecified atom stereocenters. The molecular formula is C16H24N4S. The Bertz CT molecular complexity index is 576. The lowest BCUT2D eigenvalue weighted by Gasteiger charge is -2.12. The number of nitrogens with one attached hydrogen (secondary N) is 2. The van der Waals surface area contributed by atoms with E-state index in [2.05, 4.69) is 63.0 Å². The predicted molar refractivity (Wildman–Crippen MR) is 94.3 cm³/mol. The first-order valence-corrected chi connectivity index (χ1v) is 8.72. The largest absolute Gasteiger partial charge is 0.356 e. The van der Waals surface area contributed by atoms with Crippen LogP contribution in [0.25, 0.3) is 10.9 Å². The summed E-state index contributed by atoms with van der Waals surface area (Å²) in [7, 11) is 1.81. The lowest BCUT2D eigenvalue weighted by Crippen LogP contribution is -2.39. The number of fused-ring (bicyclic) bond motifs is 1. The van der Waals surface area contributed by atoms with Gasteiger partial charge < -0.3 is 15.2 Å². The van der Waals surface area contributed by atoms with Crippen LogP contribution in [-0.2, 0) is 6.54 Å². The summed E-state index contributed by atoms with van der Waals surface area (Å²) in [5, 5.41) is 7.97. The number of nitrogens with zero attached hydrogens (tertiary/aromatic N) is 2. The second kappa shape index (κ2) is 8.62. The van der Waals surface area contributed by atoms with E-state index in [1.165, 1.54) is 10.9 Å². The Morgan fingerprint density at radius 3 is 2.81 bits per heavy atom. The minimum Gasteiger partial charge on any atom is -0.356 e.